The Morgan fingerprint density at radius 3 is 2.48 bits per heavy atom. The predicted octanol–water partition coefficient (Wildman–Crippen LogP) is 5.34. The Kier molecular flexibility index (Phi) is 5.67. The van der Waals surface area contributed by atoms with Gasteiger partial charge in [0.05, 0.1) is 28.9 Å². The van der Waals surface area contributed by atoms with Crippen molar-refractivity contribution < 1.29 is 4.79 Å². The molecule has 0 N–H and O–H groups in total. The van der Waals surface area contributed by atoms with E-state index in [9.17, 15) is 4.79 Å². The van der Waals surface area contributed by atoms with Gasteiger partial charge in [0.2, 0.25) is 5.91 Å². The number of carbonyl (C=O) groups is 1. The van der Waals surface area contributed by atoms with Gasteiger partial charge in [-0.15, -0.1) is 0 Å². The van der Waals surface area contributed by atoms with Crippen molar-refractivity contribution in [2.75, 3.05) is 4.90 Å². The molecule has 2 heterocycles. The molecule has 2 aromatic carbocycles. The van der Waals surface area contributed by atoms with Gasteiger partial charge in [-0.25, -0.2) is 4.98 Å². The zero-order chi connectivity index (χ0) is 20.2. The highest BCUT2D eigenvalue weighted by atomic mass is 32.1. The molecule has 0 saturated heterocycles. The molecule has 4 nitrogen and oxygen atoms in total. The lowest BCUT2D eigenvalue weighted by molar-refractivity contribution is -0.118. The van der Waals surface area contributed by atoms with Crippen LogP contribution in [0.2, 0.25) is 0 Å². The largest absolute Gasteiger partial charge is 0.282 e. The molecule has 4 aromatic rings. The normalized spacial score (nSPS) is 11.0. The molecule has 2 aromatic heterocycles. The van der Waals surface area contributed by atoms with Gasteiger partial charge in [0.1, 0.15) is 0 Å². The van der Waals surface area contributed by atoms with Crippen LogP contribution >= 0.6 is 11.3 Å². The molecule has 0 bridgehead atoms. The van der Waals surface area contributed by atoms with Gasteiger partial charge >= 0.3 is 0 Å². The lowest BCUT2D eigenvalue weighted by Crippen LogP contribution is -2.32. The van der Waals surface area contributed by atoms with Gasteiger partial charge in [-0.2, -0.15) is 0 Å². The molecule has 4 rings (SSSR count). The zero-order valence-corrected chi connectivity index (χ0v) is 17.4. The molecule has 29 heavy (non-hydrogen) atoms. The van der Waals surface area contributed by atoms with Crippen LogP contribution in [0.15, 0.2) is 66.9 Å². The molecular formula is C24H23N3OS. The van der Waals surface area contributed by atoms with Crippen molar-refractivity contribution in [2.45, 2.75) is 33.2 Å². The van der Waals surface area contributed by atoms with Gasteiger partial charge in [-0.1, -0.05) is 60.7 Å². The molecule has 0 atom stereocenters. The molecule has 146 valence electrons. The summed E-state index contributed by atoms with van der Waals surface area (Å²) in [4.78, 5) is 24.3. The van der Waals surface area contributed by atoms with Gasteiger partial charge in [0, 0.05) is 6.20 Å². The van der Waals surface area contributed by atoms with Crippen molar-refractivity contribution in [3.63, 3.8) is 0 Å². The minimum Gasteiger partial charge on any atom is -0.282 e. The highest BCUT2D eigenvalue weighted by molar-refractivity contribution is 7.22. The smallest absolute Gasteiger partial charge is 0.233 e. The number of nitrogens with zero attached hydrogens (tertiary/aromatic N) is 3. The van der Waals surface area contributed by atoms with Crippen molar-refractivity contribution in [1.29, 1.82) is 0 Å². The van der Waals surface area contributed by atoms with Gasteiger partial charge in [-0.05, 0) is 48.2 Å². The second-order valence-corrected chi connectivity index (χ2v) is 8.07. The number of amides is 1. The quantitative estimate of drug-likeness (QED) is 0.438. The summed E-state index contributed by atoms with van der Waals surface area (Å²) < 4.78 is 1.09. The average molecular weight is 402 g/mol. The number of hydrogen-bond donors (Lipinski definition) is 0. The SMILES string of the molecule is CCc1ccc(CC(=O)N(Cc2ccccn2)c2nc3c(C)cccc3s2)cc1. The Bertz CT molecular complexity index is 1120. The molecule has 0 radical (unpaired) electrons. The summed E-state index contributed by atoms with van der Waals surface area (Å²) in [6.45, 7) is 4.58. The maximum absolute atomic E-state index is 13.3. The van der Waals surface area contributed by atoms with Crippen LogP contribution in [-0.2, 0) is 24.2 Å². The van der Waals surface area contributed by atoms with E-state index in [1.807, 2.05) is 49.4 Å². The topological polar surface area (TPSA) is 46.1 Å². The number of aromatic nitrogens is 2. The summed E-state index contributed by atoms with van der Waals surface area (Å²) in [5, 5.41) is 0.718. The fourth-order valence-corrected chi connectivity index (χ4v) is 4.33. The summed E-state index contributed by atoms with van der Waals surface area (Å²) in [7, 11) is 0. The van der Waals surface area contributed by atoms with E-state index in [0.29, 0.717) is 13.0 Å². The number of thiazole rings is 1. The van der Waals surface area contributed by atoms with Crippen LogP contribution in [0.5, 0.6) is 0 Å². The first-order valence-corrected chi connectivity index (χ1v) is 10.6. The number of benzene rings is 2. The molecule has 0 aliphatic carbocycles. The third-order valence-electron chi connectivity index (χ3n) is 4.97. The van der Waals surface area contributed by atoms with E-state index < -0.39 is 0 Å². The van der Waals surface area contributed by atoms with Gasteiger partial charge in [-0.3, -0.25) is 14.7 Å². The van der Waals surface area contributed by atoms with E-state index in [-0.39, 0.29) is 5.91 Å². The van der Waals surface area contributed by atoms with Crippen molar-refractivity contribution in [3.8, 4) is 0 Å². The number of hydrogen-bond acceptors (Lipinski definition) is 4. The van der Waals surface area contributed by atoms with Crippen LogP contribution < -0.4 is 4.90 Å². The molecular weight excluding hydrogens is 378 g/mol. The van der Waals surface area contributed by atoms with Crippen molar-refractivity contribution in [1.82, 2.24) is 9.97 Å². The van der Waals surface area contributed by atoms with E-state index in [2.05, 4.69) is 30.1 Å². The minimum absolute atomic E-state index is 0.0246. The Labute approximate surface area is 174 Å². The first kappa shape index (κ1) is 19.3. The molecule has 0 saturated carbocycles. The van der Waals surface area contributed by atoms with E-state index in [4.69, 9.17) is 4.98 Å². The Balaban J connectivity index is 1.66. The van der Waals surface area contributed by atoms with E-state index in [1.165, 1.54) is 5.56 Å². The molecule has 1 amide bonds. The highest BCUT2D eigenvalue weighted by Gasteiger charge is 2.21. The monoisotopic (exact) mass is 401 g/mol. The molecule has 0 aliphatic rings. The van der Waals surface area contributed by atoms with Gasteiger partial charge in [0.15, 0.2) is 5.13 Å². The van der Waals surface area contributed by atoms with Crippen molar-refractivity contribution in [3.05, 3.63) is 89.2 Å². The standard InChI is InChI=1S/C24H23N3OS/c1-3-18-10-12-19(13-11-18)15-22(28)27(16-20-8-4-5-14-25-20)24-26-23-17(2)7-6-9-21(23)29-24/h4-14H,3,15-16H2,1-2H3. The third kappa shape index (κ3) is 4.35. The first-order valence-electron chi connectivity index (χ1n) is 9.78. The number of fused-ring (bicyclic) bond motifs is 1. The van der Waals surface area contributed by atoms with Crippen LogP contribution in [0.1, 0.15) is 29.3 Å². The summed E-state index contributed by atoms with van der Waals surface area (Å²) in [5.74, 6) is 0.0246. The van der Waals surface area contributed by atoms with Crippen LogP contribution in [0.4, 0.5) is 5.13 Å². The van der Waals surface area contributed by atoms with E-state index >= 15 is 0 Å². The third-order valence-corrected chi connectivity index (χ3v) is 6.02. The molecule has 0 fully saturated rings. The van der Waals surface area contributed by atoms with Gasteiger partial charge in [0.25, 0.3) is 0 Å². The Morgan fingerprint density at radius 2 is 1.79 bits per heavy atom. The van der Waals surface area contributed by atoms with Gasteiger partial charge < -0.3 is 0 Å². The second-order valence-electron chi connectivity index (χ2n) is 7.07. The van der Waals surface area contributed by atoms with E-state index in [1.54, 1.807) is 22.4 Å². The van der Waals surface area contributed by atoms with Crippen LogP contribution in [-0.4, -0.2) is 15.9 Å². The maximum Gasteiger partial charge on any atom is 0.233 e. The second kappa shape index (κ2) is 8.53. The Hall–Kier alpha value is -3.05. The summed E-state index contributed by atoms with van der Waals surface area (Å²) in [6, 6.07) is 20.1. The van der Waals surface area contributed by atoms with Crippen molar-refractivity contribution in [2.24, 2.45) is 0 Å². The summed E-state index contributed by atoms with van der Waals surface area (Å²) >= 11 is 1.55. The number of pyridine rings is 1. The Morgan fingerprint density at radius 1 is 1.00 bits per heavy atom. The van der Waals surface area contributed by atoms with Crippen molar-refractivity contribution >= 4 is 32.6 Å². The number of aryl methyl sites for hydroxylation is 2. The fourth-order valence-electron chi connectivity index (χ4n) is 3.27. The van der Waals surface area contributed by atoms with Crippen LogP contribution in [0.25, 0.3) is 10.2 Å². The molecule has 0 unspecified atom stereocenters. The fraction of sp³-hybridized carbons (Fsp3) is 0.208. The average Bonchev–Trinajstić information content (AvgIpc) is 3.18. The molecule has 0 aliphatic heterocycles. The lowest BCUT2D eigenvalue weighted by Gasteiger charge is -2.19. The predicted molar refractivity (Wildman–Crippen MR) is 119 cm³/mol. The van der Waals surface area contributed by atoms with Crippen LogP contribution in [0.3, 0.4) is 0 Å². The summed E-state index contributed by atoms with van der Waals surface area (Å²) in [5.41, 5.74) is 5.20. The number of rotatable bonds is 6. The highest BCUT2D eigenvalue weighted by Crippen LogP contribution is 2.31. The van der Waals surface area contributed by atoms with E-state index in [0.717, 1.165) is 38.6 Å². The number of anilines is 1. The number of para-hydroxylation sites is 1. The minimum atomic E-state index is 0.0246. The number of carbonyl (C=O) groups excluding carboxylic acids is 1. The maximum atomic E-state index is 13.3. The van der Waals surface area contributed by atoms with Crippen LogP contribution in [0, 0.1) is 6.92 Å². The zero-order valence-electron chi connectivity index (χ0n) is 16.6. The molecule has 5 heteroatoms. The molecule has 0 spiro atoms. The first-order chi connectivity index (χ1) is 14.1. The lowest BCUT2D eigenvalue weighted by atomic mass is 10.1. The summed E-state index contributed by atoms with van der Waals surface area (Å²) in [6.07, 6.45) is 3.08.